The van der Waals surface area contributed by atoms with Crippen molar-refractivity contribution in [2.24, 2.45) is 0 Å². The summed E-state index contributed by atoms with van der Waals surface area (Å²) < 4.78 is 16.8. The molecule has 0 radical (unpaired) electrons. The molecule has 0 amide bonds. The van der Waals surface area contributed by atoms with Gasteiger partial charge in [0.05, 0.1) is 19.8 Å². The molecule has 0 saturated heterocycles. The van der Waals surface area contributed by atoms with Crippen LogP contribution in [0, 0.1) is 0 Å². The van der Waals surface area contributed by atoms with Crippen LogP contribution >= 0.6 is 0 Å². The van der Waals surface area contributed by atoms with E-state index in [1.807, 2.05) is 32.0 Å². The van der Waals surface area contributed by atoms with Crippen LogP contribution < -0.4 is 14.2 Å². The molecule has 0 unspecified atom stereocenters. The Labute approximate surface area is 110 Å². The highest BCUT2D eigenvalue weighted by Crippen LogP contribution is 2.31. The van der Waals surface area contributed by atoms with E-state index in [-0.39, 0.29) is 0 Å². The van der Waals surface area contributed by atoms with Gasteiger partial charge >= 0.3 is 0 Å². The number of rotatable bonds is 9. The molecule has 0 atom stereocenters. The van der Waals surface area contributed by atoms with Gasteiger partial charge in [-0.1, -0.05) is 19.8 Å². The molecule has 0 aliphatic carbocycles. The van der Waals surface area contributed by atoms with Gasteiger partial charge in [-0.05, 0) is 32.4 Å². The average molecular weight is 252 g/mol. The lowest BCUT2D eigenvalue weighted by Gasteiger charge is -2.13. The Balaban J connectivity index is 2.61. The summed E-state index contributed by atoms with van der Waals surface area (Å²) in [6, 6.07) is 5.74. The van der Waals surface area contributed by atoms with Gasteiger partial charge in [0.25, 0.3) is 0 Å². The maximum atomic E-state index is 5.69. The van der Waals surface area contributed by atoms with Crippen molar-refractivity contribution in [3.63, 3.8) is 0 Å². The van der Waals surface area contributed by atoms with Crippen LogP contribution in [0.5, 0.6) is 17.2 Å². The third-order valence-corrected chi connectivity index (χ3v) is 2.53. The standard InChI is InChI=1S/C15H24O3/c1-4-7-8-11-18-13-9-10-14(16-5-2)15(12-13)17-6-3/h9-10,12H,4-8,11H2,1-3H3. The maximum Gasteiger partial charge on any atom is 0.164 e. The fourth-order valence-corrected chi connectivity index (χ4v) is 1.66. The van der Waals surface area contributed by atoms with Gasteiger partial charge in [0.2, 0.25) is 0 Å². The van der Waals surface area contributed by atoms with E-state index >= 15 is 0 Å². The third-order valence-electron chi connectivity index (χ3n) is 2.53. The fourth-order valence-electron chi connectivity index (χ4n) is 1.66. The van der Waals surface area contributed by atoms with Crippen molar-refractivity contribution in [3.8, 4) is 17.2 Å². The van der Waals surface area contributed by atoms with Gasteiger partial charge < -0.3 is 14.2 Å². The monoisotopic (exact) mass is 252 g/mol. The van der Waals surface area contributed by atoms with Gasteiger partial charge in [-0.25, -0.2) is 0 Å². The van der Waals surface area contributed by atoms with Crippen molar-refractivity contribution in [1.29, 1.82) is 0 Å². The molecular formula is C15H24O3. The van der Waals surface area contributed by atoms with Crippen molar-refractivity contribution in [2.75, 3.05) is 19.8 Å². The van der Waals surface area contributed by atoms with Crippen molar-refractivity contribution in [1.82, 2.24) is 0 Å². The molecule has 3 nitrogen and oxygen atoms in total. The van der Waals surface area contributed by atoms with Crippen LogP contribution in [-0.4, -0.2) is 19.8 Å². The van der Waals surface area contributed by atoms with Gasteiger partial charge in [-0.3, -0.25) is 0 Å². The van der Waals surface area contributed by atoms with Gasteiger partial charge in [0.1, 0.15) is 5.75 Å². The normalized spacial score (nSPS) is 10.2. The van der Waals surface area contributed by atoms with E-state index in [1.54, 1.807) is 0 Å². The third kappa shape index (κ3) is 4.86. The van der Waals surface area contributed by atoms with Gasteiger partial charge in [0.15, 0.2) is 11.5 Å². The summed E-state index contributed by atoms with van der Waals surface area (Å²) in [5.41, 5.74) is 0. The number of hydrogen-bond donors (Lipinski definition) is 0. The second kappa shape index (κ2) is 8.67. The maximum absolute atomic E-state index is 5.69. The minimum absolute atomic E-state index is 0.624. The van der Waals surface area contributed by atoms with Crippen molar-refractivity contribution in [3.05, 3.63) is 18.2 Å². The molecule has 102 valence electrons. The van der Waals surface area contributed by atoms with Crippen molar-refractivity contribution >= 4 is 0 Å². The smallest absolute Gasteiger partial charge is 0.164 e. The molecule has 0 aliphatic rings. The van der Waals surface area contributed by atoms with E-state index in [4.69, 9.17) is 14.2 Å². The molecule has 0 N–H and O–H groups in total. The predicted molar refractivity (Wildman–Crippen MR) is 73.8 cm³/mol. The van der Waals surface area contributed by atoms with Gasteiger partial charge in [0, 0.05) is 6.07 Å². The molecule has 1 aromatic carbocycles. The van der Waals surface area contributed by atoms with E-state index in [0.717, 1.165) is 30.3 Å². The lowest BCUT2D eigenvalue weighted by atomic mass is 10.2. The molecule has 0 fully saturated rings. The summed E-state index contributed by atoms with van der Waals surface area (Å²) >= 11 is 0. The van der Waals surface area contributed by atoms with E-state index in [1.165, 1.54) is 12.8 Å². The minimum atomic E-state index is 0.624. The highest BCUT2D eigenvalue weighted by Gasteiger charge is 2.06. The number of benzene rings is 1. The van der Waals surface area contributed by atoms with Crippen LogP contribution in [0.2, 0.25) is 0 Å². The lowest BCUT2D eigenvalue weighted by Crippen LogP contribution is -2.01. The van der Waals surface area contributed by atoms with E-state index in [9.17, 15) is 0 Å². The van der Waals surface area contributed by atoms with Gasteiger partial charge in [-0.15, -0.1) is 0 Å². The van der Waals surface area contributed by atoms with Crippen LogP contribution in [0.3, 0.4) is 0 Å². The van der Waals surface area contributed by atoms with E-state index < -0.39 is 0 Å². The van der Waals surface area contributed by atoms with E-state index in [2.05, 4.69) is 6.92 Å². The van der Waals surface area contributed by atoms with Crippen LogP contribution in [-0.2, 0) is 0 Å². The summed E-state index contributed by atoms with van der Waals surface area (Å²) in [4.78, 5) is 0. The molecule has 0 spiro atoms. The summed E-state index contributed by atoms with van der Waals surface area (Å²) in [6.45, 7) is 8.13. The quantitative estimate of drug-likeness (QED) is 0.620. The molecule has 1 aromatic rings. The van der Waals surface area contributed by atoms with Crippen LogP contribution in [0.1, 0.15) is 40.0 Å². The zero-order chi connectivity index (χ0) is 13.2. The average Bonchev–Trinajstić information content (AvgIpc) is 2.38. The lowest BCUT2D eigenvalue weighted by molar-refractivity contribution is 0.278. The zero-order valence-electron chi connectivity index (χ0n) is 11.7. The van der Waals surface area contributed by atoms with E-state index in [0.29, 0.717) is 13.2 Å². The summed E-state index contributed by atoms with van der Waals surface area (Å²) in [6.07, 6.45) is 3.50. The Kier molecular flexibility index (Phi) is 7.07. The fraction of sp³-hybridized carbons (Fsp3) is 0.600. The molecule has 0 aromatic heterocycles. The Hall–Kier alpha value is -1.38. The summed E-state index contributed by atoms with van der Waals surface area (Å²) in [5, 5.41) is 0. The Bertz CT molecular complexity index is 337. The number of hydrogen-bond acceptors (Lipinski definition) is 3. The molecule has 0 aliphatic heterocycles. The highest BCUT2D eigenvalue weighted by atomic mass is 16.5. The predicted octanol–water partition coefficient (Wildman–Crippen LogP) is 4.05. The van der Waals surface area contributed by atoms with Crippen LogP contribution in [0.25, 0.3) is 0 Å². The number of unbranched alkanes of at least 4 members (excludes halogenated alkanes) is 2. The molecule has 0 bridgehead atoms. The molecule has 0 saturated carbocycles. The Morgan fingerprint density at radius 2 is 1.56 bits per heavy atom. The highest BCUT2D eigenvalue weighted by molar-refractivity contribution is 5.45. The SMILES string of the molecule is CCCCCOc1ccc(OCC)c(OCC)c1. The first-order valence-corrected chi connectivity index (χ1v) is 6.84. The summed E-state index contributed by atoms with van der Waals surface area (Å²) in [5.74, 6) is 2.38. The Morgan fingerprint density at radius 3 is 2.22 bits per heavy atom. The van der Waals surface area contributed by atoms with Crippen molar-refractivity contribution < 1.29 is 14.2 Å². The zero-order valence-corrected chi connectivity index (χ0v) is 11.7. The molecule has 0 heterocycles. The summed E-state index contributed by atoms with van der Waals surface area (Å²) in [7, 11) is 0. The van der Waals surface area contributed by atoms with Crippen LogP contribution in [0.4, 0.5) is 0 Å². The second-order valence-electron chi connectivity index (χ2n) is 4.03. The Morgan fingerprint density at radius 1 is 0.833 bits per heavy atom. The molecule has 18 heavy (non-hydrogen) atoms. The topological polar surface area (TPSA) is 27.7 Å². The number of ether oxygens (including phenoxy) is 3. The van der Waals surface area contributed by atoms with Crippen LogP contribution in [0.15, 0.2) is 18.2 Å². The van der Waals surface area contributed by atoms with Crippen molar-refractivity contribution in [2.45, 2.75) is 40.0 Å². The minimum Gasteiger partial charge on any atom is -0.493 e. The molecule has 3 heteroatoms. The molecular weight excluding hydrogens is 228 g/mol. The largest absolute Gasteiger partial charge is 0.493 e. The second-order valence-corrected chi connectivity index (χ2v) is 4.03. The first kappa shape index (κ1) is 14.7. The molecule has 1 rings (SSSR count). The van der Waals surface area contributed by atoms with Gasteiger partial charge in [-0.2, -0.15) is 0 Å². The first-order chi connectivity index (χ1) is 8.81. The first-order valence-electron chi connectivity index (χ1n) is 6.84.